The molecule has 3 nitrogen and oxygen atoms in total. The zero-order chi connectivity index (χ0) is 11.8. The minimum atomic E-state index is -0.271. The number of primary amides is 1. The van der Waals surface area contributed by atoms with Crippen LogP contribution < -0.4 is 11.1 Å². The van der Waals surface area contributed by atoms with Gasteiger partial charge in [0.1, 0.15) is 0 Å². The molecule has 0 spiro atoms. The van der Waals surface area contributed by atoms with Crippen LogP contribution in [0.15, 0.2) is 35.2 Å². The summed E-state index contributed by atoms with van der Waals surface area (Å²) in [7, 11) is 0. The van der Waals surface area contributed by atoms with Crippen LogP contribution in [-0.2, 0) is 4.79 Å². The third-order valence-electron chi connectivity index (χ3n) is 2.26. The van der Waals surface area contributed by atoms with E-state index in [1.807, 2.05) is 25.1 Å². The lowest BCUT2D eigenvalue weighted by Crippen LogP contribution is -2.41. The Kier molecular flexibility index (Phi) is 5.96. The lowest BCUT2D eigenvalue weighted by molar-refractivity contribution is -0.120. The first-order chi connectivity index (χ1) is 7.74. The molecule has 1 unspecified atom stereocenters. The molecule has 0 saturated carbocycles. The van der Waals surface area contributed by atoms with Crippen LogP contribution in [0, 0.1) is 0 Å². The predicted molar refractivity (Wildman–Crippen MR) is 68.4 cm³/mol. The highest BCUT2D eigenvalue weighted by atomic mass is 32.2. The summed E-state index contributed by atoms with van der Waals surface area (Å²) >= 11 is 1.77. The van der Waals surface area contributed by atoms with Crippen LogP contribution >= 0.6 is 11.8 Å². The first-order valence-corrected chi connectivity index (χ1v) is 6.43. The molecule has 1 amide bonds. The van der Waals surface area contributed by atoms with E-state index in [1.54, 1.807) is 11.8 Å². The largest absolute Gasteiger partial charge is 0.368 e. The minimum absolute atomic E-state index is 0.198. The molecule has 0 heterocycles. The van der Waals surface area contributed by atoms with Crippen molar-refractivity contribution >= 4 is 17.7 Å². The minimum Gasteiger partial charge on any atom is -0.368 e. The number of carbonyl (C=O) groups excluding carboxylic acids is 1. The molecule has 0 bridgehead atoms. The van der Waals surface area contributed by atoms with Crippen molar-refractivity contribution in [1.29, 1.82) is 0 Å². The van der Waals surface area contributed by atoms with Crippen LogP contribution in [0.3, 0.4) is 0 Å². The Morgan fingerprint density at radius 1 is 1.44 bits per heavy atom. The van der Waals surface area contributed by atoms with Gasteiger partial charge in [0.05, 0.1) is 6.04 Å². The summed E-state index contributed by atoms with van der Waals surface area (Å²) in [6, 6.07) is 10.0. The second kappa shape index (κ2) is 7.30. The van der Waals surface area contributed by atoms with Crippen molar-refractivity contribution in [1.82, 2.24) is 5.32 Å². The van der Waals surface area contributed by atoms with Gasteiger partial charge in [-0.2, -0.15) is 0 Å². The first-order valence-electron chi connectivity index (χ1n) is 5.44. The van der Waals surface area contributed by atoms with Gasteiger partial charge in [0.25, 0.3) is 0 Å². The number of nitrogens with one attached hydrogen (secondary N) is 1. The van der Waals surface area contributed by atoms with Gasteiger partial charge in [-0.15, -0.1) is 11.8 Å². The zero-order valence-corrected chi connectivity index (χ0v) is 10.3. The van der Waals surface area contributed by atoms with Gasteiger partial charge in [-0.25, -0.2) is 0 Å². The Morgan fingerprint density at radius 2 is 2.12 bits per heavy atom. The van der Waals surface area contributed by atoms with E-state index >= 15 is 0 Å². The van der Waals surface area contributed by atoms with Crippen LogP contribution in [0.4, 0.5) is 0 Å². The van der Waals surface area contributed by atoms with E-state index in [-0.39, 0.29) is 11.9 Å². The van der Waals surface area contributed by atoms with Crippen molar-refractivity contribution in [2.75, 3.05) is 12.3 Å². The normalized spacial score (nSPS) is 12.3. The van der Waals surface area contributed by atoms with Crippen LogP contribution in [0.1, 0.15) is 13.3 Å². The summed E-state index contributed by atoms with van der Waals surface area (Å²) in [5.74, 6) is 0.667. The average molecular weight is 238 g/mol. The number of nitrogens with two attached hydrogens (primary N) is 1. The summed E-state index contributed by atoms with van der Waals surface area (Å²) in [6.07, 6.45) is 0.741. The van der Waals surface area contributed by atoms with E-state index in [2.05, 4.69) is 17.4 Å². The number of benzene rings is 1. The second-order valence-electron chi connectivity index (χ2n) is 3.48. The SMILES string of the molecule is CCC(NCCSc1ccccc1)C(N)=O. The van der Waals surface area contributed by atoms with E-state index in [9.17, 15) is 4.79 Å². The van der Waals surface area contributed by atoms with Crippen LogP contribution in [0.25, 0.3) is 0 Å². The van der Waals surface area contributed by atoms with Crippen molar-refractivity contribution < 1.29 is 4.79 Å². The number of hydrogen-bond acceptors (Lipinski definition) is 3. The Hall–Kier alpha value is -1.00. The Morgan fingerprint density at radius 3 is 2.69 bits per heavy atom. The highest BCUT2D eigenvalue weighted by molar-refractivity contribution is 7.99. The van der Waals surface area contributed by atoms with Gasteiger partial charge in [0.15, 0.2) is 0 Å². The molecule has 4 heteroatoms. The molecule has 0 aliphatic rings. The molecule has 1 rings (SSSR count). The standard InChI is InChI=1S/C12H18N2OS/c1-2-11(12(13)15)14-8-9-16-10-6-4-3-5-7-10/h3-7,11,14H,2,8-9H2,1H3,(H2,13,15). The number of rotatable bonds is 7. The number of hydrogen-bond donors (Lipinski definition) is 2. The Bertz CT molecular complexity index is 316. The van der Waals surface area contributed by atoms with Crippen molar-refractivity contribution in [2.24, 2.45) is 5.73 Å². The van der Waals surface area contributed by atoms with Gasteiger partial charge >= 0.3 is 0 Å². The van der Waals surface area contributed by atoms with E-state index < -0.39 is 0 Å². The van der Waals surface area contributed by atoms with Crippen LogP contribution in [0.5, 0.6) is 0 Å². The molecule has 16 heavy (non-hydrogen) atoms. The predicted octanol–water partition coefficient (Wildman–Crippen LogP) is 1.63. The molecule has 3 N–H and O–H groups in total. The average Bonchev–Trinajstić information content (AvgIpc) is 2.30. The van der Waals surface area contributed by atoms with Gasteiger partial charge in [0, 0.05) is 17.2 Å². The van der Waals surface area contributed by atoms with Crippen molar-refractivity contribution in [3.05, 3.63) is 30.3 Å². The molecular weight excluding hydrogens is 220 g/mol. The molecule has 0 radical (unpaired) electrons. The third kappa shape index (κ3) is 4.68. The van der Waals surface area contributed by atoms with Gasteiger partial charge < -0.3 is 11.1 Å². The highest BCUT2D eigenvalue weighted by Crippen LogP contribution is 2.15. The van der Waals surface area contributed by atoms with Gasteiger partial charge in [-0.3, -0.25) is 4.79 Å². The molecule has 1 atom stereocenters. The molecule has 0 aromatic heterocycles. The van der Waals surface area contributed by atoms with Crippen molar-refractivity contribution in [2.45, 2.75) is 24.3 Å². The first kappa shape index (κ1) is 13.1. The molecule has 0 saturated heterocycles. The van der Waals surface area contributed by atoms with E-state index in [0.29, 0.717) is 0 Å². The summed E-state index contributed by atoms with van der Waals surface area (Å²) in [4.78, 5) is 12.2. The number of amides is 1. The maximum absolute atomic E-state index is 10.9. The summed E-state index contributed by atoms with van der Waals surface area (Å²) in [6.45, 7) is 2.74. The number of carbonyl (C=O) groups is 1. The maximum Gasteiger partial charge on any atom is 0.234 e. The quantitative estimate of drug-likeness (QED) is 0.561. The summed E-state index contributed by atoms with van der Waals surface area (Å²) in [5.41, 5.74) is 5.23. The Labute approximate surface area is 101 Å². The molecule has 0 fully saturated rings. The fraction of sp³-hybridized carbons (Fsp3) is 0.417. The van der Waals surface area contributed by atoms with E-state index in [0.717, 1.165) is 18.7 Å². The fourth-order valence-electron chi connectivity index (χ4n) is 1.36. The third-order valence-corrected chi connectivity index (χ3v) is 3.27. The van der Waals surface area contributed by atoms with Crippen molar-refractivity contribution in [3.8, 4) is 0 Å². The lowest BCUT2D eigenvalue weighted by Gasteiger charge is -2.12. The number of thioether (sulfide) groups is 1. The van der Waals surface area contributed by atoms with E-state index in [1.165, 1.54) is 4.90 Å². The highest BCUT2D eigenvalue weighted by Gasteiger charge is 2.10. The zero-order valence-electron chi connectivity index (χ0n) is 9.48. The Balaban J connectivity index is 2.19. The molecule has 1 aromatic rings. The summed E-state index contributed by atoms with van der Waals surface area (Å²) in [5, 5.41) is 3.14. The molecule has 1 aromatic carbocycles. The van der Waals surface area contributed by atoms with Crippen LogP contribution in [0.2, 0.25) is 0 Å². The molecule has 0 aliphatic heterocycles. The molecule has 88 valence electrons. The maximum atomic E-state index is 10.9. The topological polar surface area (TPSA) is 55.1 Å². The second-order valence-corrected chi connectivity index (χ2v) is 4.65. The lowest BCUT2D eigenvalue weighted by atomic mass is 10.2. The fourth-order valence-corrected chi connectivity index (χ4v) is 2.17. The van der Waals surface area contributed by atoms with Crippen molar-refractivity contribution in [3.63, 3.8) is 0 Å². The van der Waals surface area contributed by atoms with Crippen LogP contribution in [-0.4, -0.2) is 24.2 Å². The monoisotopic (exact) mass is 238 g/mol. The smallest absolute Gasteiger partial charge is 0.234 e. The summed E-state index contributed by atoms with van der Waals surface area (Å²) < 4.78 is 0. The van der Waals surface area contributed by atoms with Gasteiger partial charge in [-0.1, -0.05) is 25.1 Å². The van der Waals surface area contributed by atoms with Gasteiger partial charge in [-0.05, 0) is 18.6 Å². The molecular formula is C12H18N2OS. The van der Waals surface area contributed by atoms with E-state index in [4.69, 9.17) is 5.73 Å². The molecule has 0 aliphatic carbocycles. The van der Waals surface area contributed by atoms with Gasteiger partial charge in [0.2, 0.25) is 5.91 Å².